The minimum absolute atomic E-state index is 0.844. The van der Waals surface area contributed by atoms with Crippen molar-refractivity contribution < 1.29 is 4.74 Å². The molecule has 14 heavy (non-hydrogen) atoms. The second kappa shape index (κ2) is 3.82. The quantitative estimate of drug-likeness (QED) is 0.668. The van der Waals surface area contributed by atoms with Crippen LogP contribution in [0.5, 0.6) is 0 Å². The fourth-order valence-corrected chi connectivity index (χ4v) is 3.55. The predicted molar refractivity (Wildman–Crippen MR) is 56.3 cm³/mol. The van der Waals surface area contributed by atoms with Crippen LogP contribution in [-0.4, -0.2) is 36.7 Å². The lowest BCUT2D eigenvalue weighted by Gasteiger charge is -2.36. The third-order valence-electron chi connectivity index (χ3n) is 4.34. The van der Waals surface area contributed by atoms with Crippen molar-refractivity contribution in [1.82, 2.24) is 4.90 Å². The topological polar surface area (TPSA) is 12.5 Å². The standard InChI is InChI=1S/C12H21NO/c1-2-11-4-5-12(3-1)13(11)8-10-6-7-14-9-10/h10-12H,1-9H2. The van der Waals surface area contributed by atoms with Crippen LogP contribution in [0.4, 0.5) is 0 Å². The van der Waals surface area contributed by atoms with Gasteiger partial charge in [-0.25, -0.2) is 0 Å². The molecule has 3 atom stereocenters. The monoisotopic (exact) mass is 195 g/mol. The van der Waals surface area contributed by atoms with Gasteiger partial charge in [0.2, 0.25) is 0 Å². The average molecular weight is 195 g/mol. The molecule has 0 amide bonds. The second-order valence-corrected chi connectivity index (χ2v) is 5.24. The molecule has 3 rings (SSSR count). The van der Waals surface area contributed by atoms with Crippen LogP contribution < -0.4 is 0 Å². The molecule has 3 saturated heterocycles. The summed E-state index contributed by atoms with van der Waals surface area (Å²) in [5.41, 5.74) is 0. The predicted octanol–water partition coefficient (Wildman–Crippen LogP) is 2.04. The molecule has 0 saturated carbocycles. The summed E-state index contributed by atoms with van der Waals surface area (Å²) in [5, 5.41) is 0. The fraction of sp³-hybridized carbons (Fsp3) is 1.00. The maximum absolute atomic E-state index is 5.46. The van der Waals surface area contributed by atoms with Crippen LogP contribution in [0.25, 0.3) is 0 Å². The SMILES string of the molecule is C1CC2CCC(C1)N2CC1CCOC1. The summed E-state index contributed by atoms with van der Waals surface area (Å²) in [4.78, 5) is 2.81. The molecule has 0 aromatic heterocycles. The Morgan fingerprint density at radius 3 is 2.43 bits per heavy atom. The molecule has 0 N–H and O–H groups in total. The van der Waals surface area contributed by atoms with Crippen molar-refractivity contribution in [3.8, 4) is 0 Å². The first kappa shape index (κ1) is 9.17. The zero-order valence-corrected chi connectivity index (χ0v) is 8.95. The summed E-state index contributed by atoms with van der Waals surface area (Å²) in [5.74, 6) is 0.844. The van der Waals surface area contributed by atoms with E-state index >= 15 is 0 Å². The van der Waals surface area contributed by atoms with Gasteiger partial charge < -0.3 is 4.74 Å². The normalized spacial score (nSPS) is 43.3. The van der Waals surface area contributed by atoms with Crippen LogP contribution in [0.15, 0.2) is 0 Å². The van der Waals surface area contributed by atoms with Gasteiger partial charge in [-0.2, -0.15) is 0 Å². The number of nitrogens with zero attached hydrogens (tertiary/aromatic N) is 1. The second-order valence-electron chi connectivity index (χ2n) is 5.24. The number of rotatable bonds is 2. The number of piperidine rings is 1. The van der Waals surface area contributed by atoms with Crippen molar-refractivity contribution in [2.75, 3.05) is 19.8 Å². The molecule has 0 aromatic rings. The Balaban J connectivity index is 1.61. The van der Waals surface area contributed by atoms with Gasteiger partial charge in [-0.05, 0) is 38.0 Å². The summed E-state index contributed by atoms with van der Waals surface area (Å²) >= 11 is 0. The zero-order chi connectivity index (χ0) is 9.38. The van der Waals surface area contributed by atoms with Crippen LogP contribution in [-0.2, 0) is 4.74 Å². The van der Waals surface area contributed by atoms with Crippen molar-refractivity contribution in [3.05, 3.63) is 0 Å². The highest BCUT2D eigenvalue weighted by Gasteiger charge is 2.37. The van der Waals surface area contributed by atoms with Gasteiger partial charge in [0, 0.05) is 25.2 Å². The van der Waals surface area contributed by atoms with Crippen molar-refractivity contribution in [1.29, 1.82) is 0 Å². The first-order chi connectivity index (χ1) is 6.93. The highest BCUT2D eigenvalue weighted by atomic mass is 16.5. The molecule has 2 bridgehead atoms. The Morgan fingerprint density at radius 1 is 1.00 bits per heavy atom. The molecule has 0 radical (unpaired) electrons. The Morgan fingerprint density at radius 2 is 1.79 bits per heavy atom. The molecule has 0 spiro atoms. The lowest BCUT2D eigenvalue weighted by molar-refractivity contribution is 0.108. The van der Waals surface area contributed by atoms with Crippen LogP contribution in [0.3, 0.4) is 0 Å². The van der Waals surface area contributed by atoms with Gasteiger partial charge >= 0.3 is 0 Å². The summed E-state index contributed by atoms with van der Waals surface area (Å²) in [6, 6.07) is 1.88. The molecule has 0 aliphatic carbocycles. The third kappa shape index (κ3) is 1.59. The van der Waals surface area contributed by atoms with Gasteiger partial charge in [-0.15, -0.1) is 0 Å². The van der Waals surface area contributed by atoms with Crippen LogP contribution in [0, 0.1) is 5.92 Å². The van der Waals surface area contributed by atoms with Gasteiger partial charge in [0.15, 0.2) is 0 Å². The van der Waals surface area contributed by atoms with Crippen LogP contribution >= 0.6 is 0 Å². The molecular formula is C12H21NO. The molecular weight excluding hydrogens is 174 g/mol. The van der Waals surface area contributed by atoms with E-state index in [1.165, 1.54) is 45.1 Å². The Kier molecular flexibility index (Phi) is 2.50. The van der Waals surface area contributed by atoms with Crippen molar-refractivity contribution in [3.63, 3.8) is 0 Å². The molecule has 3 unspecified atom stereocenters. The first-order valence-electron chi connectivity index (χ1n) is 6.27. The third-order valence-corrected chi connectivity index (χ3v) is 4.34. The molecule has 2 nitrogen and oxygen atoms in total. The number of hydrogen-bond donors (Lipinski definition) is 0. The first-order valence-corrected chi connectivity index (χ1v) is 6.27. The van der Waals surface area contributed by atoms with E-state index in [-0.39, 0.29) is 0 Å². The van der Waals surface area contributed by atoms with E-state index in [2.05, 4.69) is 4.90 Å². The highest BCUT2D eigenvalue weighted by molar-refractivity contribution is 4.92. The number of ether oxygens (including phenoxy) is 1. The van der Waals surface area contributed by atoms with Gasteiger partial charge in [0.25, 0.3) is 0 Å². The van der Waals surface area contributed by atoms with Gasteiger partial charge in [0.05, 0.1) is 6.61 Å². The molecule has 3 aliphatic heterocycles. The molecule has 3 heterocycles. The Bertz CT molecular complexity index is 184. The van der Waals surface area contributed by atoms with E-state index in [0.717, 1.165) is 31.2 Å². The van der Waals surface area contributed by atoms with Crippen LogP contribution in [0.2, 0.25) is 0 Å². The van der Waals surface area contributed by atoms with Gasteiger partial charge in [-0.3, -0.25) is 4.90 Å². The van der Waals surface area contributed by atoms with Crippen LogP contribution in [0.1, 0.15) is 38.5 Å². The van der Waals surface area contributed by atoms with E-state index in [4.69, 9.17) is 4.74 Å². The van der Waals surface area contributed by atoms with Gasteiger partial charge in [0.1, 0.15) is 0 Å². The summed E-state index contributed by atoms with van der Waals surface area (Å²) in [7, 11) is 0. The van der Waals surface area contributed by atoms with E-state index in [1.54, 1.807) is 0 Å². The lowest BCUT2D eigenvalue weighted by atomic mass is 10.00. The van der Waals surface area contributed by atoms with Crippen molar-refractivity contribution in [2.45, 2.75) is 50.6 Å². The Labute approximate surface area is 86.6 Å². The van der Waals surface area contributed by atoms with E-state index < -0.39 is 0 Å². The lowest BCUT2D eigenvalue weighted by Crippen LogP contribution is -2.42. The highest BCUT2D eigenvalue weighted by Crippen LogP contribution is 2.36. The summed E-state index contributed by atoms with van der Waals surface area (Å²) < 4.78 is 5.46. The number of fused-ring (bicyclic) bond motifs is 2. The van der Waals surface area contributed by atoms with Crippen molar-refractivity contribution in [2.24, 2.45) is 5.92 Å². The van der Waals surface area contributed by atoms with E-state index in [1.807, 2.05) is 0 Å². The molecule has 2 heteroatoms. The van der Waals surface area contributed by atoms with E-state index in [9.17, 15) is 0 Å². The number of hydrogen-bond acceptors (Lipinski definition) is 2. The van der Waals surface area contributed by atoms with Gasteiger partial charge in [-0.1, -0.05) is 6.42 Å². The van der Waals surface area contributed by atoms with Crippen molar-refractivity contribution >= 4 is 0 Å². The smallest absolute Gasteiger partial charge is 0.0507 e. The molecule has 80 valence electrons. The van der Waals surface area contributed by atoms with E-state index in [0.29, 0.717) is 0 Å². The maximum atomic E-state index is 5.46. The Hall–Kier alpha value is -0.0800. The molecule has 0 aromatic carbocycles. The minimum atomic E-state index is 0.844. The largest absolute Gasteiger partial charge is 0.381 e. The maximum Gasteiger partial charge on any atom is 0.0507 e. The molecule has 3 aliphatic rings. The summed E-state index contributed by atoms with van der Waals surface area (Å²) in [6.07, 6.45) is 8.65. The zero-order valence-electron chi connectivity index (χ0n) is 8.95. The summed E-state index contributed by atoms with van der Waals surface area (Å²) in [6.45, 7) is 3.36. The molecule has 3 fully saturated rings. The fourth-order valence-electron chi connectivity index (χ4n) is 3.55. The minimum Gasteiger partial charge on any atom is -0.381 e. The average Bonchev–Trinajstić information content (AvgIpc) is 2.75.